The van der Waals surface area contributed by atoms with Crippen molar-refractivity contribution in [3.8, 4) is 34.3 Å². The summed E-state index contributed by atoms with van der Waals surface area (Å²) >= 11 is 6.26. The third-order valence-electron chi connectivity index (χ3n) is 7.03. The minimum absolute atomic E-state index is 0. The first-order valence-corrected chi connectivity index (χ1v) is 11.6. The van der Waals surface area contributed by atoms with E-state index in [4.69, 9.17) is 30.5 Å². The van der Waals surface area contributed by atoms with Gasteiger partial charge >= 0.3 is 0 Å². The SMILES string of the molecule is COc1ccc2c(c1OC)c(-c1ccc(Cl)cc1)[n+]1c3c2ccc2c4c(cc(c23)CC1)OCO4.[Br-]. The molecular formula is C28H21BrClNO4. The Labute approximate surface area is 217 Å². The number of pyridine rings is 1. The molecule has 5 nitrogen and oxygen atoms in total. The third kappa shape index (κ3) is 3.03. The third-order valence-corrected chi connectivity index (χ3v) is 7.28. The molecule has 0 atom stereocenters. The fourth-order valence-electron chi connectivity index (χ4n) is 5.63. The average molecular weight is 551 g/mol. The van der Waals surface area contributed by atoms with Crippen LogP contribution in [0.2, 0.25) is 5.02 Å². The van der Waals surface area contributed by atoms with Gasteiger partial charge in [-0.15, -0.1) is 0 Å². The van der Waals surface area contributed by atoms with E-state index >= 15 is 0 Å². The summed E-state index contributed by atoms with van der Waals surface area (Å²) in [5.74, 6) is 3.10. The second-order valence-electron chi connectivity index (χ2n) is 8.63. The molecule has 0 unspecified atom stereocenters. The van der Waals surface area contributed by atoms with E-state index in [9.17, 15) is 0 Å². The van der Waals surface area contributed by atoms with Gasteiger partial charge in [-0.25, -0.2) is 0 Å². The summed E-state index contributed by atoms with van der Waals surface area (Å²) in [6, 6.07) is 18.6. The summed E-state index contributed by atoms with van der Waals surface area (Å²) in [5.41, 5.74) is 4.64. The fraction of sp³-hybridized carbons (Fsp3) is 0.179. The fourth-order valence-corrected chi connectivity index (χ4v) is 5.76. The van der Waals surface area contributed by atoms with Gasteiger partial charge in [0, 0.05) is 27.8 Å². The zero-order valence-electron chi connectivity index (χ0n) is 19.2. The van der Waals surface area contributed by atoms with E-state index < -0.39 is 0 Å². The summed E-state index contributed by atoms with van der Waals surface area (Å²) in [6.07, 6.45) is 0.891. The summed E-state index contributed by atoms with van der Waals surface area (Å²) in [6.45, 7) is 1.09. The number of ether oxygens (including phenoxy) is 4. The van der Waals surface area contributed by atoms with Crippen molar-refractivity contribution in [2.24, 2.45) is 0 Å². The van der Waals surface area contributed by atoms with Gasteiger partial charge in [0.1, 0.15) is 5.39 Å². The molecule has 0 radical (unpaired) electrons. The monoisotopic (exact) mass is 549 g/mol. The summed E-state index contributed by atoms with van der Waals surface area (Å²) in [4.78, 5) is 0. The van der Waals surface area contributed by atoms with Crippen molar-refractivity contribution < 1.29 is 40.5 Å². The van der Waals surface area contributed by atoms with Gasteiger partial charge in [-0.2, -0.15) is 4.57 Å². The first kappa shape index (κ1) is 22.3. The van der Waals surface area contributed by atoms with E-state index in [1.807, 2.05) is 18.2 Å². The Bertz CT molecular complexity index is 1670. The van der Waals surface area contributed by atoms with Crippen LogP contribution in [0, 0.1) is 0 Å². The van der Waals surface area contributed by atoms with Crippen molar-refractivity contribution in [2.75, 3.05) is 21.0 Å². The van der Waals surface area contributed by atoms with Gasteiger partial charge in [-0.3, -0.25) is 0 Å². The highest BCUT2D eigenvalue weighted by atomic mass is 79.9. The second-order valence-corrected chi connectivity index (χ2v) is 9.07. The van der Waals surface area contributed by atoms with Crippen LogP contribution in [-0.4, -0.2) is 21.0 Å². The highest BCUT2D eigenvalue weighted by molar-refractivity contribution is 6.30. The molecule has 0 N–H and O–H groups in total. The molecule has 0 saturated carbocycles. The number of rotatable bonds is 3. The van der Waals surface area contributed by atoms with Crippen molar-refractivity contribution in [3.63, 3.8) is 0 Å². The minimum Gasteiger partial charge on any atom is -1.00 e. The lowest BCUT2D eigenvalue weighted by molar-refractivity contribution is -0.659. The summed E-state index contributed by atoms with van der Waals surface area (Å²) in [5, 5.41) is 6.33. The van der Waals surface area contributed by atoms with E-state index in [2.05, 4.69) is 41.0 Å². The van der Waals surface area contributed by atoms with Gasteiger partial charge in [0.15, 0.2) is 29.5 Å². The van der Waals surface area contributed by atoms with Crippen molar-refractivity contribution in [2.45, 2.75) is 13.0 Å². The Morgan fingerprint density at radius 2 is 1.63 bits per heavy atom. The largest absolute Gasteiger partial charge is 1.00 e. The molecule has 0 saturated heterocycles. The molecule has 0 bridgehead atoms. The molecule has 7 rings (SSSR count). The van der Waals surface area contributed by atoms with Crippen molar-refractivity contribution in [1.82, 2.24) is 0 Å². The Morgan fingerprint density at radius 1 is 0.857 bits per heavy atom. The highest BCUT2D eigenvalue weighted by Crippen LogP contribution is 2.48. The maximum atomic E-state index is 6.26. The minimum atomic E-state index is 0. The quantitative estimate of drug-likeness (QED) is 0.256. The number of fused-ring (bicyclic) bond motifs is 4. The number of aryl methyl sites for hydroxylation is 2. The van der Waals surface area contributed by atoms with Gasteiger partial charge in [0.05, 0.1) is 25.0 Å². The Hall–Kier alpha value is -3.22. The Kier molecular flexibility index (Phi) is 5.20. The number of benzene rings is 4. The lowest BCUT2D eigenvalue weighted by Gasteiger charge is -2.21. The lowest BCUT2D eigenvalue weighted by atomic mass is 9.90. The number of aromatic nitrogens is 1. The molecule has 7 heteroatoms. The topological polar surface area (TPSA) is 40.8 Å². The highest BCUT2D eigenvalue weighted by Gasteiger charge is 2.33. The molecule has 176 valence electrons. The molecule has 2 aliphatic rings. The molecule has 0 spiro atoms. The van der Waals surface area contributed by atoms with Crippen LogP contribution in [0.1, 0.15) is 5.56 Å². The van der Waals surface area contributed by atoms with E-state index in [1.165, 1.54) is 21.9 Å². The van der Waals surface area contributed by atoms with Crippen LogP contribution in [0.4, 0.5) is 0 Å². The summed E-state index contributed by atoms with van der Waals surface area (Å²) < 4.78 is 25.7. The van der Waals surface area contributed by atoms with Crippen LogP contribution < -0.4 is 40.5 Å². The van der Waals surface area contributed by atoms with Gasteiger partial charge in [0.2, 0.25) is 18.0 Å². The van der Waals surface area contributed by atoms with Crippen LogP contribution >= 0.6 is 11.6 Å². The van der Waals surface area contributed by atoms with Crippen LogP contribution in [0.15, 0.2) is 54.6 Å². The van der Waals surface area contributed by atoms with E-state index in [1.54, 1.807) is 14.2 Å². The molecule has 0 aliphatic carbocycles. The number of nitrogens with zero attached hydrogens (tertiary/aromatic N) is 1. The second kappa shape index (κ2) is 8.18. The van der Waals surface area contributed by atoms with Crippen LogP contribution in [0.3, 0.4) is 0 Å². The molecule has 3 heterocycles. The molecule has 0 fully saturated rings. The van der Waals surface area contributed by atoms with Crippen molar-refractivity contribution in [1.29, 1.82) is 0 Å². The molecule has 35 heavy (non-hydrogen) atoms. The molecule has 2 aliphatic heterocycles. The molecule has 5 aromatic rings. The van der Waals surface area contributed by atoms with Crippen LogP contribution in [-0.2, 0) is 13.0 Å². The van der Waals surface area contributed by atoms with E-state index in [0.29, 0.717) is 10.8 Å². The maximum absolute atomic E-state index is 6.26. The molecule has 4 aromatic carbocycles. The standard InChI is InChI=1S/C28H21ClNO4.BrH/c1-31-21-10-9-18-19-7-8-20-23-16(13-22-27(20)34-14-33-22)11-12-30(26(19)23)25(24(18)28(21)32-2)15-3-5-17(29)6-4-15;/h3-10,13H,11-12,14H2,1-2H3;1H/q+1;/p-1. The van der Waals surface area contributed by atoms with Gasteiger partial charge < -0.3 is 35.9 Å². The smallest absolute Gasteiger partial charge is 0.231 e. The first-order chi connectivity index (χ1) is 16.7. The number of halogens is 2. The number of hydrogen-bond acceptors (Lipinski definition) is 4. The molecule has 1 aromatic heterocycles. The van der Waals surface area contributed by atoms with Crippen molar-refractivity contribution in [3.05, 3.63) is 65.2 Å². The van der Waals surface area contributed by atoms with Gasteiger partial charge in [-0.05, 0) is 60.2 Å². The van der Waals surface area contributed by atoms with Gasteiger partial charge in [0.25, 0.3) is 0 Å². The number of hydrogen-bond donors (Lipinski definition) is 0. The Balaban J connectivity index is 0.00000229. The van der Waals surface area contributed by atoms with Crippen molar-refractivity contribution >= 4 is 44.0 Å². The first-order valence-electron chi connectivity index (χ1n) is 11.2. The molecular weight excluding hydrogens is 530 g/mol. The van der Waals surface area contributed by atoms with Crippen LogP contribution in [0.5, 0.6) is 23.0 Å². The van der Waals surface area contributed by atoms with E-state index in [-0.39, 0.29) is 23.8 Å². The zero-order chi connectivity index (χ0) is 23.0. The molecule has 0 amide bonds. The zero-order valence-corrected chi connectivity index (χ0v) is 21.5. The summed E-state index contributed by atoms with van der Waals surface area (Å²) in [7, 11) is 3.37. The maximum Gasteiger partial charge on any atom is 0.231 e. The number of methoxy groups -OCH3 is 2. The predicted octanol–water partition coefficient (Wildman–Crippen LogP) is 3.06. The lowest BCUT2D eigenvalue weighted by Crippen LogP contribution is -3.00. The normalized spacial score (nSPS) is 13.5. The van der Waals surface area contributed by atoms with Crippen LogP contribution in [0.25, 0.3) is 43.7 Å². The predicted molar refractivity (Wildman–Crippen MR) is 133 cm³/mol. The average Bonchev–Trinajstić information content (AvgIpc) is 3.35. The Morgan fingerprint density at radius 3 is 2.40 bits per heavy atom. The van der Waals surface area contributed by atoms with E-state index in [0.717, 1.165) is 57.6 Å². The van der Waals surface area contributed by atoms with Gasteiger partial charge in [-0.1, -0.05) is 11.6 Å².